The Balaban J connectivity index is 2.00. The van der Waals surface area contributed by atoms with Gasteiger partial charge in [0.2, 0.25) is 0 Å². The van der Waals surface area contributed by atoms with Crippen molar-refractivity contribution in [3.05, 3.63) is 65.0 Å². The second-order valence-corrected chi connectivity index (χ2v) is 4.97. The number of nitrogens with one attached hydrogen (secondary N) is 1. The first-order valence-electron chi connectivity index (χ1n) is 6.89. The van der Waals surface area contributed by atoms with Gasteiger partial charge in [-0.3, -0.25) is 0 Å². The molecule has 0 fully saturated rings. The zero-order valence-electron chi connectivity index (χ0n) is 12.3. The lowest BCUT2D eigenvalue weighted by molar-refractivity contribution is 0.281. The molecule has 112 valence electrons. The van der Waals surface area contributed by atoms with Gasteiger partial charge in [0.1, 0.15) is 0 Å². The van der Waals surface area contributed by atoms with Crippen molar-refractivity contribution in [2.45, 2.75) is 26.1 Å². The van der Waals surface area contributed by atoms with Crippen LogP contribution in [0.4, 0.5) is 4.39 Å². The fourth-order valence-electron chi connectivity index (χ4n) is 2.18. The van der Waals surface area contributed by atoms with Gasteiger partial charge in [0, 0.05) is 12.6 Å². The summed E-state index contributed by atoms with van der Waals surface area (Å²) in [7, 11) is 1.45. The largest absolute Gasteiger partial charge is 0.494 e. The normalized spacial score (nSPS) is 12.2. The van der Waals surface area contributed by atoms with Gasteiger partial charge in [0.25, 0.3) is 0 Å². The Bertz CT molecular complexity index is 601. The van der Waals surface area contributed by atoms with E-state index in [9.17, 15) is 4.39 Å². The van der Waals surface area contributed by atoms with Crippen LogP contribution in [0.1, 0.15) is 29.7 Å². The van der Waals surface area contributed by atoms with E-state index in [2.05, 4.69) is 5.32 Å². The summed E-state index contributed by atoms with van der Waals surface area (Å²) in [6.45, 7) is 2.67. The van der Waals surface area contributed by atoms with Crippen LogP contribution in [0.2, 0.25) is 0 Å². The second kappa shape index (κ2) is 7.20. The standard InChI is InChI=1S/C17H20FNO2/c1-12(15-6-7-17(21-2)16(18)9-15)19-10-13-4-3-5-14(8-13)11-20/h3-9,12,19-20H,10-11H2,1-2H3. The van der Waals surface area contributed by atoms with Gasteiger partial charge in [-0.25, -0.2) is 4.39 Å². The number of methoxy groups -OCH3 is 1. The molecule has 1 unspecified atom stereocenters. The summed E-state index contributed by atoms with van der Waals surface area (Å²) in [4.78, 5) is 0. The zero-order chi connectivity index (χ0) is 15.2. The van der Waals surface area contributed by atoms with Crippen LogP contribution in [-0.2, 0) is 13.2 Å². The molecule has 2 N–H and O–H groups in total. The topological polar surface area (TPSA) is 41.5 Å². The van der Waals surface area contributed by atoms with E-state index in [1.807, 2.05) is 37.3 Å². The average molecular weight is 289 g/mol. The van der Waals surface area contributed by atoms with Gasteiger partial charge in [-0.1, -0.05) is 30.3 Å². The maximum Gasteiger partial charge on any atom is 0.165 e. The first-order chi connectivity index (χ1) is 10.1. The number of aliphatic hydroxyl groups excluding tert-OH is 1. The van der Waals surface area contributed by atoms with E-state index in [0.29, 0.717) is 6.54 Å². The smallest absolute Gasteiger partial charge is 0.165 e. The predicted molar refractivity (Wildman–Crippen MR) is 80.6 cm³/mol. The molecule has 2 aromatic rings. The molecular weight excluding hydrogens is 269 g/mol. The highest BCUT2D eigenvalue weighted by atomic mass is 19.1. The second-order valence-electron chi connectivity index (χ2n) is 4.97. The van der Waals surface area contributed by atoms with Crippen LogP contribution in [0, 0.1) is 5.82 Å². The minimum Gasteiger partial charge on any atom is -0.494 e. The Hall–Kier alpha value is -1.91. The molecule has 0 spiro atoms. The van der Waals surface area contributed by atoms with Crippen LogP contribution >= 0.6 is 0 Å². The SMILES string of the molecule is COc1ccc(C(C)NCc2cccc(CO)c2)cc1F. The third kappa shape index (κ3) is 4.03. The molecule has 0 amide bonds. The van der Waals surface area contributed by atoms with Crippen molar-refractivity contribution in [1.82, 2.24) is 5.32 Å². The number of ether oxygens (including phenoxy) is 1. The van der Waals surface area contributed by atoms with Crippen LogP contribution in [0.5, 0.6) is 5.75 Å². The van der Waals surface area contributed by atoms with E-state index in [4.69, 9.17) is 9.84 Å². The molecule has 0 radical (unpaired) electrons. The van der Waals surface area contributed by atoms with Gasteiger partial charge in [0.15, 0.2) is 11.6 Å². The van der Waals surface area contributed by atoms with Crippen LogP contribution in [0.3, 0.4) is 0 Å². The molecule has 21 heavy (non-hydrogen) atoms. The van der Waals surface area contributed by atoms with E-state index in [-0.39, 0.29) is 24.2 Å². The fourth-order valence-corrected chi connectivity index (χ4v) is 2.18. The fraction of sp³-hybridized carbons (Fsp3) is 0.294. The van der Waals surface area contributed by atoms with Crippen molar-refractivity contribution in [2.75, 3.05) is 7.11 Å². The van der Waals surface area contributed by atoms with Crippen LogP contribution in [0.15, 0.2) is 42.5 Å². The molecule has 3 nitrogen and oxygen atoms in total. The van der Waals surface area contributed by atoms with E-state index in [0.717, 1.165) is 16.7 Å². The maximum absolute atomic E-state index is 13.7. The Morgan fingerprint density at radius 1 is 1.19 bits per heavy atom. The predicted octanol–water partition coefficient (Wildman–Crippen LogP) is 3.18. The van der Waals surface area contributed by atoms with Gasteiger partial charge in [-0.05, 0) is 35.7 Å². The maximum atomic E-state index is 13.7. The van der Waals surface area contributed by atoms with Crippen molar-refractivity contribution in [3.8, 4) is 5.75 Å². The summed E-state index contributed by atoms with van der Waals surface area (Å²) in [5, 5.41) is 12.5. The molecule has 0 aliphatic carbocycles. The van der Waals surface area contributed by atoms with Crippen molar-refractivity contribution >= 4 is 0 Å². The number of hydrogen-bond donors (Lipinski definition) is 2. The highest BCUT2D eigenvalue weighted by Crippen LogP contribution is 2.22. The van der Waals surface area contributed by atoms with Crippen molar-refractivity contribution in [2.24, 2.45) is 0 Å². The highest BCUT2D eigenvalue weighted by molar-refractivity contribution is 5.31. The summed E-state index contributed by atoms with van der Waals surface area (Å²) >= 11 is 0. The van der Waals surface area contributed by atoms with Crippen molar-refractivity contribution < 1.29 is 14.2 Å². The molecule has 0 bridgehead atoms. The Labute approximate surface area is 124 Å². The molecule has 0 aliphatic heterocycles. The molecule has 4 heteroatoms. The first kappa shape index (κ1) is 15.5. The van der Waals surface area contributed by atoms with E-state index in [1.54, 1.807) is 6.07 Å². The van der Waals surface area contributed by atoms with Crippen molar-refractivity contribution in [3.63, 3.8) is 0 Å². The van der Waals surface area contributed by atoms with Gasteiger partial charge in [-0.2, -0.15) is 0 Å². The lowest BCUT2D eigenvalue weighted by atomic mass is 10.1. The Morgan fingerprint density at radius 3 is 2.62 bits per heavy atom. The minimum atomic E-state index is -0.356. The van der Waals surface area contributed by atoms with E-state index in [1.165, 1.54) is 13.2 Å². The summed E-state index contributed by atoms with van der Waals surface area (Å²) < 4.78 is 18.6. The van der Waals surface area contributed by atoms with Crippen molar-refractivity contribution in [1.29, 1.82) is 0 Å². The Kier molecular flexibility index (Phi) is 5.31. The zero-order valence-corrected chi connectivity index (χ0v) is 12.3. The summed E-state index contributed by atoms with van der Waals surface area (Å²) in [6, 6.07) is 12.7. The van der Waals surface area contributed by atoms with Gasteiger partial charge in [-0.15, -0.1) is 0 Å². The molecule has 0 saturated carbocycles. The molecule has 0 aliphatic rings. The first-order valence-corrected chi connectivity index (χ1v) is 6.89. The third-order valence-electron chi connectivity index (χ3n) is 3.46. The lowest BCUT2D eigenvalue weighted by Gasteiger charge is -2.15. The number of hydrogen-bond acceptors (Lipinski definition) is 3. The van der Waals surface area contributed by atoms with Gasteiger partial charge in [0.05, 0.1) is 13.7 Å². The number of aliphatic hydroxyl groups is 1. The Morgan fingerprint density at radius 2 is 1.95 bits per heavy atom. The van der Waals surface area contributed by atoms with E-state index < -0.39 is 0 Å². The van der Waals surface area contributed by atoms with Crippen LogP contribution < -0.4 is 10.1 Å². The summed E-state index contributed by atoms with van der Waals surface area (Å²) in [5.41, 5.74) is 2.84. The number of halogens is 1. The quantitative estimate of drug-likeness (QED) is 0.858. The third-order valence-corrected chi connectivity index (χ3v) is 3.46. The molecule has 2 aromatic carbocycles. The van der Waals surface area contributed by atoms with Crippen LogP contribution in [0.25, 0.3) is 0 Å². The monoisotopic (exact) mass is 289 g/mol. The van der Waals surface area contributed by atoms with Gasteiger partial charge >= 0.3 is 0 Å². The molecular formula is C17H20FNO2. The number of rotatable bonds is 6. The van der Waals surface area contributed by atoms with Gasteiger partial charge < -0.3 is 15.2 Å². The minimum absolute atomic E-state index is 0.0168. The highest BCUT2D eigenvalue weighted by Gasteiger charge is 2.09. The summed E-state index contributed by atoms with van der Waals surface area (Å²) in [5.74, 6) is -0.104. The average Bonchev–Trinajstić information content (AvgIpc) is 2.52. The van der Waals surface area contributed by atoms with E-state index >= 15 is 0 Å². The lowest BCUT2D eigenvalue weighted by Crippen LogP contribution is -2.18. The number of benzene rings is 2. The summed E-state index contributed by atoms with van der Waals surface area (Å²) in [6.07, 6.45) is 0. The molecule has 2 rings (SSSR count). The molecule has 1 atom stereocenters. The van der Waals surface area contributed by atoms with Crippen LogP contribution in [-0.4, -0.2) is 12.2 Å². The molecule has 0 aromatic heterocycles. The molecule has 0 saturated heterocycles. The molecule has 0 heterocycles.